The number of ether oxygens (including phenoxy) is 3. The summed E-state index contributed by atoms with van der Waals surface area (Å²) in [6.45, 7) is 2.07. The van der Waals surface area contributed by atoms with E-state index in [-0.39, 0.29) is 18.8 Å². The van der Waals surface area contributed by atoms with Crippen LogP contribution in [0.3, 0.4) is 0 Å². The number of nitrogens with one attached hydrogen (secondary N) is 1. The Hall–Kier alpha value is -3.33. The summed E-state index contributed by atoms with van der Waals surface area (Å²) in [4.78, 5) is 37.6. The van der Waals surface area contributed by atoms with E-state index < -0.39 is 17.9 Å². The van der Waals surface area contributed by atoms with E-state index in [1.165, 1.54) is 7.11 Å². The molecule has 162 valence electrons. The highest BCUT2D eigenvalue weighted by atomic mass is 79.9. The van der Waals surface area contributed by atoms with E-state index >= 15 is 0 Å². The van der Waals surface area contributed by atoms with Crippen LogP contribution in [0.15, 0.2) is 52.6 Å². The van der Waals surface area contributed by atoms with E-state index in [4.69, 9.17) is 9.47 Å². The lowest BCUT2D eigenvalue weighted by molar-refractivity contribution is -0.143. The van der Waals surface area contributed by atoms with Gasteiger partial charge in [-0.15, -0.1) is 0 Å². The summed E-state index contributed by atoms with van der Waals surface area (Å²) in [6, 6.07) is 12.1. The first-order valence-corrected chi connectivity index (χ1v) is 10.3. The van der Waals surface area contributed by atoms with Crippen molar-refractivity contribution in [2.45, 2.75) is 13.5 Å². The van der Waals surface area contributed by atoms with Crippen LogP contribution in [0.1, 0.15) is 18.1 Å². The number of rotatable bonds is 8. The van der Waals surface area contributed by atoms with E-state index in [1.54, 1.807) is 18.2 Å². The second-order valence-electron chi connectivity index (χ2n) is 6.49. The molecule has 8 nitrogen and oxygen atoms in total. The van der Waals surface area contributed by atoms with Gasteiger partial charge in [0.1, 0.15) is 5.70 Å². The number of hydrogen-bond donors (Lipinski definition) is 1. The van der Waals surface area contributed by atoms with Crippen LogP contribution in [0.4, 0.5) is 4.79 Å². The monoisotopic (exact) mass is 488 g/mol. The molecular weight excluding hydrogens is 468 g/mol. The van der Waals surface area contributed by atoms with Gasteiger partial charge in [-0.1, -0.05) is 30.3 Å². The molecule has 1 N–H and O–H groups in total. The SMILES string of the molecule is CCOc1cc(/C=C2\NC(=O)N(Cc3ccccc3)C2=O)cc(Br)c1OCC(=O)OC. The fourth-order valence-corrected chi connectivity index (χ4v) is 3.49. The third-order valence-corrected chi connectivity index (χ3v) is 4.94. The number of amides is 3. The standard InChI is InChI=1S/C22H21BrN2O6/c1-3-30-18-11-15(9-16(23)20(18)31-13-19(26)29-2)10-17-21(27)25(22(28)24-17)12-14-7-5-4-6-8-14/h4-11H,3,12-13H2,1-2H3,(H,24,28)/b17-10-. The number of methoxy groups -OCH3 is 1. The number of esters is 1. The van der Waals surface area contributed by atoms with Gasteiger partial charge in [0.25, 0.3) is 5.91 Å². The van der Waals surface area contributed by atoms with Crippen molar-refractivity contribution >= 4 is 39.9 Å². The molecule has 9 heteroatoms. The number of nitrogens with zero attached hydrogens (tertiary/aromatic N) is 1. The van der Waals surface area contributed by atoms with Gasteiger partial charge >= 0.3 is 12.0 Å². The van der Waals surface area contributed by atoms with Crippen molar-refractivity contribution in [1.29, 1.82) is 0 Å². The second-order valence-corrected chi connectivity index (χ2v) is 7.35. The zero-order valence-corrected chi connectivity index (χ0v) is 18.6. The molecule has 1 saturated heterocycles. The number of halogens is 1. The molecule has 0 atom stereocenters. The van der Waals surface area contributed by atoms with Gasteiger partial charge in [-0.3, -0.25) is 9.69 Å². The molecule has 0 saturated carbocycles. The first-order chi connectivity index (χ1) is 14.9. The summed E-state index contributed by atoms with van der Waals surface area (Å²) in [7, 11) is 1.27. The van der Waals surface area contributed by atoms with Crippen molar-refractivity contribution in [3.8, 4) is 11.5 Å². The Morgan fingerprint density at radius 1 is 1.16 bits per heavy atom. The van der Waals surface area contributed by atoms with Gasteiger partial charge in [0.2, 0.25) is 0 Å². The Morgan fingerprint density at radius 2 is 1.90 bits per heavy atom. The van der Waals surface area contributed by atoms with Crippen LogP contribution in [0.2, 0.25) is 0 Å². The first kappa shape index (κ1) is 22.4. The first-order valence-electron chi connectivity index (χ1n) is 9.47. The summed E-state index contributed by atoms with van der Waals surface area (Å²) in [5, 5.41) is 2.61. The Bertz CT molecular complexity index is 1020. The van der Waals surface area contributed by atoms with Crippen LogP contribution >= 0.6 is 15.9 Å². The average molecular weight is 489 g/mol. The summed E-state index contributed by atoms with van der Waals surface area (Å²) in [5.74, 6) is -0.236. The predicted molar refractivity (Wildman–Crippen MR) is 116 cm³/mol. The Kier molecular flexibility index (Phi) is 7.30. The number of imide groups is 1. The third kappa shape index (κ3) is 5.43. The quantitative estimate of drug-likeness (QED) is 0.347. The molecule has 0 radical (unpaired) electrons. The van der Waals surface area contributed by atoms with Crippen LogP contribution in [0.25, 0.3) is 6.08 Å². The van der Waals surface area contributed by atoms with Crippen molar-refractivity contribution in [2.75, 3.05) is 20.3 Å². The fourth-order valence-electron chi connectivity index (χ4n) is 2.91. The zero-order valence-electron chi connectivity index (χ0n) is 17.0. The molecular formula is C22H21BrN2O6. The van der Waals surface area contributed by atoms with E-state index in [9.17, 15) is 14.4 Å². The normalized spacial score (nSPS) is 14.5. The maximum Gasteiger partial charge on any atom is 0.343 e. The number of carbonyl (C=O) groups is 3. The van der Waals surface area contributed by atoms with Gasteiger partial charge in [0.15, 0.2) is 18.1 Å². The maximum absolute atomic E-state index is 12.8. The van der Waals surface area contributed by atoms with E-state index in [0.29, 0.717) is 28.1 Å². The molecule has 0 aromatic heterocycles. The molecule has 2 aromatic rings. The summed E-state index contributed by atoms with van der Waals surface area (Å²) in [6.07, 6.45) is 1.56. The van der Waals surface area contributed by atoms with E-state index in [2.05, 4.69) is 26.0 Å². The smallest absolute Gasteiger partial charge is 0.343 e. The van der Waals surface area contributed by atoms with Gasteiger partial charge in [-0.2, -0.15) is 0 Å². The minimum Gasteiger partial charge on any atom is -0.490 e. The van der Waals surface area contributed by atoms with Crippen molar-refractivity contribution in [3.05, 3.63) is 63.8 Å². The number of hydrogen-bond acceptors (Lipinski definition) is 6. The molecule has 31 heavy (non-hydrogen) atoms. The zero-order chi connectivity index (χ0) is 22.4. The van der Waals surface area contributed by atoms with Crippen molar-refractivity contribution in [1.82, 2.24) is 10.2 Å². The number of benzene rings is 2. The molecule has 0 bridgehead atoms. The predicted octanol–water partition coefficient (Wildman–Crippen LogP) is 3.49. The van der Waals surface area contributed by atoms with Gasteiger partial charge in [0, 0.05) is 0 Å². The molecule has 0 aliphatic carbocycles. The van der Waals surface area contributed by atoms with Crippen LogP contribution < -0.4 is 14.8 Å². The lowest BCUT2D eigenvalue weighted by Gasteiger charge is -2.14. The highest BCUT2D eigenvalue weighted by molar-refractivity contribution is 9.10. The van der Waals surface area contributed by atoms with E-state index in [0.717, 1.165) is 10.5 Å². The topological polar surface area (TPSA) is 94.2 Å². The van der Waals surface area contributed by atoms with Crippen LogP contribution in [-0.2, 0) is 20.9 Å². The van der Waals surface area contributed by atoms with Crippen LogP contribution in [0.5, 0.6) is 11.5 Å². The largest absolute Gasteiger partial charge is 0.490 e. The Labute approximate surface area is 187 Å². The third-order valence-electron chi connectivity index (χ3n) is 4.35. The lowest BCUT2D eigenvalue weighted by Crippen LogP contribution is -2.30. The summed E-state index contributed by atoms with van der Waals surface area (Å²) in [5.41, 5.74) is 1.60. The molecule has 1 heterocycles. The van der Waals surface area contributed by atoms with Gasteiger partial charge in [-0.05, 0) is 52.2 Å². The highest BCUT2D eigenvalue weighted by Gasteiger charge is 2.33. The van der Waals surface area contributed by atoms with E-state index in [1.807, 2.05) is 37.3 Å². The maximum atomic E-state index is 12.8. The minimum atomic E-state index is -0.529. The van der Waals surface area contributed by atoms with Gasteiger partial charge < -0.3 is 19.5 Å². The second kappa shape index (κ2) is 10.1. The average Bonchev–Trinajstić information content (AvgIpc) is 3.01. The van der Waals surface area contributed by atoms with Crippen molar-refractivity contribution in [2.24, 2.45) is 0 Å². The Morgan fingerprint density at radius 3 is 2.58 bits per heavy atom. The number of carbonyl (C=O) groups excluding carboxylic acids is 3. The summed E-state index contributed by atoms with van der Waals surface area (Å²) < 4.78 is 16.2. The number of urea groups is 1. The lowest BCUT2D eigenvalue weighted by atomic mass is 10.1. The van der Waals surface area contributed by atoms with Crippen molar-refractivity contribution < 1.29 is 28.6 Å². The van der Waals surface area contributed by atoms with Gasteiger partial charge in [0.05, 0.1) is 24.7 Å². The Balaban J connectivity index is 1.84. The molecule has 0 unspecified atom stereocenters. The van der Waals surface area contributed by atoms with Crippen molar-refractivity contribution in [3.63, 3.8) is 0 Å². The molecule has 1 aliphatic heterocycles. The molecule has 0 spiro atoms. The molecule has 1 aliphatic rings. The molecule has 1 fully saturated rings. The summed E-state index contributed by atoms with van der Waals surface area (Å²) >= 11 is 3.40. The van der Waals surface area contributed by atoms with Crippen LogP contribution in [-0.4, -0.2) is 43.1 Å². The van der Waals surface area contributed by atoms with Gasteiger partial charge in [-0.25, -0.2) is 9.59 Å². The minimum absolute atomic E-state index is 0.151. The van der Waals surface area contributed by atoms with Crippen LogP contribution in [0, 0.1) is 0 Å². The molecule has 2 aromatic carbocycles. The molecule has 3 rings (SSSR count). The highest BCUT2D eigenvalue weighted by Crippen LogP contribution is 2.37. The molecule has 3 amide bonds. The fraction of sp³-hybridized carbons (Fsp3) is 0.227.